The van der Waals surface area contributed by atoms with Crippen molar-refractivity contribution >= 4 is 21.6 Å². The summed E-state index contributed by atoms with van der Waals surface area (Å²) >= 11 is 0. The molecule has 0 saturated heterocycles. The zero-order valence-electron chi connectivity index (χ0n) is 14.8. The third kappa shape index (κ3) is 5.23. The molecule has 0 spiro atoms. The zero-order chi connectivity index (χ0) is 17.7. The number of carbonyl (C=O) groups is 1. The Kier molecular flexibility index (Phi) is 6.27. The van der Waals surface area contributed by atoms with E-state index in [4.69, 9.17) is 0 Å². The van der Waals surface area contributed by atoms with Gasteiger partial charge in [0.05, 0.1) is 11.9 Å². The first-order chi connectivity index (χ1) is 11.3. The zero-order valence-corrected chi connectivity index (χ0v) is 15.7. The minimum Gasteiger partial charge on any atom is -0.354 e. The van der Waals surface area contributed by atoms with E-state index in [-0.39, 0.29) is 12.5 Å². The van der Waals surface area contributed by atoms with E-state index in [1.807, 2.05) is 26.0 Å². The Labute approximate surface area is 145 Å². The van der Waals surface area contributed by atoms with Crippen molar-refractivity contribution in [3.8, 4) is 0 Å². The molecule has 1 N–H and O–H groups in total. The summed E-state index contributed by atoms with van der Waals surface area (Å²) in [5.74, 6) is 0.278. The molecule has 0 bridgehead atoms. The van der Waals surface area contributed by atoms with Crippen LogP contribution >= 0.6 is 0 Å². The van der Waals surface area contributed by atoms with E-state index in [1.165, 1.54) is 23.6 Å². The van der Waals surface area contributed by atoms with Crippen LogP contribution < -0.4 is 9.62 Å². The topological polar surface area (TPSA) is 66.5 Å². The number of amides is 1. The van der Waals surface area contributed by atoms with Crippen LogP contribution in [-0.2, 0) is 14.8 Å². The van der Waals surface area contributed by atoms with Crippen LogP contribution in [0.25, 0.3) is 0 Å². The molecule has 1 aromatic rings. The predicted octanol–water partition coefficient (Wildman–Crippen LogP) is 2.77. The fourth-order valence-corrected chi connectivity index (χ4v) is 3.96. The average molecular weight is 353 g/mol. The molecule has 1 fully saturated rings. The summed E-state index contributed by atoms with van der Waals surface area (Å²) in [6.07, 6.45) is 7.15. The van der Waals surface area contributed by atoms with Crippen LogP contribution in [0.15, 0.2) is 18.2 Å². The first-order valence-electron chi connectivity index (χ1n) is 8.59. The van der Waals surface area contributed by atoms with Crippen molar-refractivity contribution in [2.45, 2.75) is 46.0 Å². The molecule has 2 rings (SSSR count). The van der Waals surface area contributed by atoms with Crippen LogP contribution in [0.5, 0.6) is 0 Å². The SMILES string of the molecule is Cc1ccc(N(CC(=O)NCC2CCCCC2)S(C)(=O)=O)cc1C. The lowest BCUT2D eigenvalue weighted by Crippen LogP contribution is -2.42. The Balaban J connectivity index is 2.03. The molecule has 134 valence electrons. The largest absolute Gasteiger partial charge is 0.354 e. The highest BCUT2D eigenvalue weighted by Gasteiger charge is 2.22. The number of hydrogen-bond donors (Lipinski definition) is 1. The quantitative estimate of drug-likeness (QED) is 0.856. The monoisotopic (exact) mass is 352 g/mol. The van der Waals surface area contributed by atoms with E-state index < -0.39 is 10.0 Å². The van der Waals surface area contributed by atoms with Crippen LogP contribution in [0.4, 0.5) is 5.69 Å². The van der Waals surface area contributed by atoms with Gasteiger partial charge in [0.15, 0.2) is 0 Å². The van der Waals surface area contributed by atoms with E-state index in [0.717, 1.165) is 30.2 Å². The molecule has 1 amide bonds. The predicted molar refractivity (Wildman–Crippen MR) is 97.7 cm³/mol. The normalized spacial score (nSPS) is 16.0. The first-order valence-corrected chi connectivity index (χ1v) is 10.4. The van der Waals surface area contributed by atoms with Crippen molar-refractivity contribution in [1.82, 2.24) is 5.32 Å². The molecule has 1 aliphatic rings. The molecule has 1 aromatic carbocycles. The Morgan fingerprint density at radius 2 is 1.83 bits per heavy atom. The molecule has 24 heavy (non-hydrogen) atoms. The van der Waals surface area contributed by atoms with Crippen LogP contribution in [0.1, 0.15) is 43.2 Å². The van der Waals surface area contributed by atoms with Gasteiger partial charge in [0.1, 0.15) is 6.54 Å². The highest BCUT2D eigenvalue weighted by atomic mass is 32.2. The lowest BCUT2D eigenvalue weighted by atomic mass is 9.89. The summed E-state index contributed by atoms with van der Waals surface area (Å²) in [6, 6.07) is 5.44. The Morgan fingerprint density at radius 3 is 2.42 bits per heavy atom. The lowest BCUT2D eigenvalue weighted by Gasteiger charge is -2.25. The second-order valence-corrected chi connectivity index (χ2v) is 8.75. The smallest absolute Gasteiger partial charge is 0.240 e. The number of sulfonamides is 1. The lowest BCUT2D eigenvalue weighted by molar-refractivity contribution is -0.119. The van der Waals surface area contributed by atoms with E-state index in [9.17, 15) is 13.2 Å². The molecular weight excluding hydrogens is 324 g/mol. The molecule has 0 aliphatic heterocycles. The summed E-state index contributed by atoms with van der Waals surface area (Å²) in [6.45, 7) is 4.38. The number of benzene rings is 1. The van der Waals surface area contributed by atoms with Crippen molar-refractivity contribution in [3.05, 3.63) is 29.3 Å². The Hall–Kier alpha value is -1.56. The second-order valence-electron chi connectivity index (χ2n) is 6.85. The highest BCUT2D eigenvalue weighted by Crippen LogP contribution is 2.23. The average Bonchev–Trinajstić information content (AvgIpc) is 2.53. The molecule has 0 heterocycles. The molecule has 0 aromatic heterocycles. The number of nitrogens with one attached hydrogen (secondary N) is 1. The van der Waals surface area contributed by atoms with Gasteiger partial charge in [0.2, 0.25) is 15.9 Å². The number of aryl methyl sites for hydroxylation is 2. The van der Waals surface area contributed by atoms with E-state index in [2.05, 4.69) is 5.32 Å². The van der Waals surface area contributed by atoms with Gasteiger partial charge in [-0.25, -0.2) is 8.42 Å². The highest BCUT2D eigenvalue weighted by molar-refractivity contribution is 7.92. The fraction of sp³-hybridized carbons (Fsp3) is 0.611. The maximum Gasteiger partial charge on any atom is 0.240 e. The van der Waals surface area contributed by atoms with Crippen LogP contribution in [0.2, 0.25) is 0 Å². The molecule has 6 heteroatoms. The van der Waals surface area contributed by atoms with Crippen molar-refractivity contribution in [2.75, 3.05) is 23.7 Å². The summed E-state index contributed by atoms with van der Waals surface area (Å²) in [7, 11) is -3.51. The first kappa shape index (κ1) is 18.8. The molecule has 0 unspecified atom stereocenters. The van der Waals surface area contributed by atoms with Gasteiger partial charge in [-0.3, -0.25) is 9.10 Å². The maximum atomic E-state index is 12.3. The van der Waals surface area contributed by atoms with Gasteiger partial charge in [-0.05, 0) is 55.9 Å². The molecule has 0 atom stereocenters. The fourth-order valence-electron chi connectivity index (χ4n) is 3.12. The van der Waals surface area contributed by atoms with E-state index >= 15 is 0 Å². The van der Waals surface area contributed by atoms with Crippen LogP contribution in [-0.4, -0.2) is 33.7 Å². The standard InChI is InChI=1S/C18H28N2O3S/c1-14-9-10-17(11-15(14)2)20(24(3,22)23)13-18(21)19-12-16-7-5-4-6-8-16/h9-11,16H,4-8,12-13H2,1-3H3,(H,19,21). The minimum atomic E-state index is -3.51. The molecular formula is C18H28N2O3S. The second kappa shape index (κ2) is 8.01. The Morgan fingerprint density at radius 1 is 1.17 bits per heavy atom. The van der Waals surface area contributed by atoms with Gasteiger partial charge < -0.3 is 5.32 Å². The molecule has 5 nitrogen and oxygen atoms in total. The molecule has 0 radical (unpaired) electrons. The number of rotatable bonds is 6. The van der Waals surface area contributed by atoms with E-state index in [0.29, 0.717) is 18.2 Å². The van der Waals surface area contributed by atoms with E-state index in [1.54, 1.807) is 6.07 Å². The van der Waals surface area contributed by atoms with Crippen LogP contribution in [0.3, 0.4) is 0 Å². The van der Waals surface area contributed by atoms with Gasteiger partial charge >= 0.3 is 0 Å². The third-order valence-corrected chi connectivity index (χ3v) is 5.92. The molecule has 1 aliphatic carbocycles. The summed E-state index contributed by atoms with van der Waals surface area (Å²) in [4.78, 5) is 12.3. The number of nitrogens with zero attached hydrogens (tertiary/aromatic N) is 1. The van der Waals surface area contributed by atoms with Crippen molar-refractivity contribution in [3.63, 3.8) is 0 Å². The summed E-state index contributed by atoms with van der Waals surface area (Å²) in [5, 5.41) is 2.91. The van der Waals surface area contributed by atoms with Gasteiger partial charge in [0.25, 0.3) is 0 Å². The molecule has 1 saturated carbocycles. The van der Waals surface area contributed by atoms with Crippen molar-refractivity contribution in [2.24, 2.45) is 5.92 Å². The van der Waals surface area contributed by atoms with Gasteiger partial charge in [-0.1, -0.05) is 25.3 Å². The van der Waals surface area contributed by atoms with Crippen molar-refractivity contribution in [1.29, 1.82) is 0 Å². The summed E-state index contributed by atoms with van der Waals surface area (Å²) in [5.41, 5.74) is 2.63. The summed E-state index contributed by atoms with van der Waals surface area (Å²) < 4.78 is 25.4. The third-order valence-electron chi connectivity index (χ3n) is 4.78. The van der Waals surface area contributed by atoms with Gasteiger partial charge in [0, 0.05) is 6.54 Å². The van der Waals surface area contributed by atoms with Crippen molar-refractivity contribution < 1.29 is 13.2 Å². The maximum absolute atomic E-state index is 12.3. The number of hydrogen-bond acceptors (Lipinski definition) is 3. The number of anilines is 1. The van der Waals surface area contributed by atoms with Gasteiger partial charge in [-0.2, -0.15) is 0 Å². The Bertz CT molecular complexity index is 680. The minimum absolute atomic E-state index is 0.173. The van der Waals surface area contributed by atoms with Crippen LogP contribution in [0, 0.1) is 19.8 Å². The number of carbonyl (C=O) groups excluding carboxylic acids is 1. The van der Waals surface area contributed by atoms with Gasteiger partial charge in [-0.15, -0.1) is 0 Å².